The molecule has 6 rings (SSSR count). The minimum Gasteiger partial charge on any atom is -0.543 e. The Morgan fingerprint density at radius 2 is 1.56 bits per heavy atom. The quantitative estimate of drug-likeness (QED) is 0.221. The number of fused-ring (bicyclic) bond motifs is 6. The number of allylic oxidation sites excluding steroid dienone is 2. The van der Waals surface area contributed by atoms with Crippen molar-refractivity contribution in [3.05, 3.63) is 80.8 Å². The molecule has 0 radical (unpaired) electrons. The van der Waals surface area contributed by atoms with Gasteiger partial charge in [-0.3, -0.25) is 19.3 Å². The lowest BCUT2D eigenvalue weighted by Crippen LogP contribution is -2.64. The molecule has 3 aliphatic heterocycles. The molecule has 3 heterocycles. The van der Waals surface area contributed by atoms with E-state index in [4.69, 9.17) is 23.4 Å². The summed E-state index contributed by atoms with van der Waals surface area (Å²) in [4.78, 5) is 46.4. The SMILES string of the molecule is COC1=C(C)C(=O)C2=C(C1=O)[C@H]1C3=Cc4c(O[Si](C)(C)C(C)(C)C)c(C)c(OC)c(OC)c4[C@H](COCc4ccccc4)N3C(=O)[C@@H](C2)N1C. The van der Waals surface area contributed by atoms with Crippen LogP contribution in [0.1, 0.15) is 62.4 Å². The van der Waals surface area contributed by atoms with E-state index >= 15 is 0 Å². The van der Waals surface area contributed by atoms with Gasteiger partial charge in [0.25, 0.3) is 8.32 Å². The Bertz CT molecular complexity index is 1870. The molecule has 1 amide bonds. The van der Waals surface area contributed by atoms with E-state index in [-0.39, 0.29) is 46.9 Å². The lowest BCUT2D eigenvalue weighted by molar-refractivity contribution is -0.145. The van der Waals surface area contributed by atoms with Crippen molar-refractivity contribution in [3.63, 3.8) is 0 Å². The highest BCUT2D eigenvalue weighted by molar-refractivity contribution is 6.74. The predicted molar refractivity (Wildman–Crippen MR) is 192 cm³/mol. The average molecular weight is 701 g/mol. The van der Waals surface area contributed by atoms with Crippen molar-refractivity contribution in [3.8, 4) is 17.2 Å². The third-order valence-corrected chi connectivity index (χ3v) is 15.5. The molecule has 10 nitrogen and oxygen atoms in total. The lowest BCUT2D eigenvalue weighted by Gasteiger charge is -2.54. The molecule has 0 spiro atoms. The van der Waals surface area contributed by atoms with E-state index in [2.05, 4.69) is 33.9 Å². The number of ketones is 2. The van der Waals surface area contributed by atoms with Crippen molar-refractivity contribution < 1.29 is 37.8 Å². The van der Waals surface area contributed by atoms with E-state index in [9.17, 15) is 14.4 Å². The third-order valence-electron chi connectivity index (χ3n) is 11.1. The van der Waals surface area contributed by atoms with E-state index in [1.807, 2.05) is 55.3 Å². The van der Waals surface area contributed by atoms with Crippen LogP contribution in [0.4, 0.5) is 0 Å². The molecule has 2 bridgehead atoms. The summed E-state index contributed by atoms with van der Waals surface area (Å²) >= 11 is 0. The van der Waals surface area contributed by atoms with Gasteiger partial charge in [-0.25, -0.2) is 0 Å². The zero-order valence-corrected chi connectivity index (χ0v) is 32.0. The van der Waals surface area contributed by atoms with E-state index < -0.39 is 26.4 Å². The van der Waals surface area contributed by atoms with Crippen molar-refractivity contribution in [1.82, 2.24) is 9.80 Å². The van der Waals surface area contributed by atoms with Gasteiger partial charge in [0.2, 0.25) is 11.7 Å². The minimum atomic E-state index is -2.44. The number of piperazine rings is 1. The third kappa shape index (κ3) is 5.41. The number of hydrogen-bond acceptors (Lipinski definition) is 9. The van der Waals surface area contributed by atoms with Crippen molar-refractivity contribution in [2.24, 2.45) is 0 Å². The van der Waals surface area contributed by atoms with Crippen molar-refractivity contribution in [1.29, 1.82) is 0 Å². The van der Waals surface area contributed by atoms with Gasteiger partial charge in [-0.1, -0.05) is 51.1 Å². The van der Waals surface area contributed by atoms with Crippen LogP contribution in [0.5, 0.6) is 17.2 Å². The van der Waals surface area contributed by atoms with Crippen molar-refractivity contribution in [2.45, 2.75) is 83.9 Å². The number of Topliss-reactive ketones (excluding diaryl/α,β-unsaturated/α-hetero) is 2. The summed E-state index contributed by atoms with van der Waals surface area (Å²) in [5.74, 6) is 0.910. The molecule has 266 valence electrons. The summed E-state index contributed by atoms with van der Waals surface area (Å²) in [7, 11) is 4.01. The number of ether oxygens (including phenoxy) is 4. The molecule has 2 aromatic carbocycles. The van der Waals surface area contributed by atoms with Crippen LogP contribution in [0, 0.1) is 6.92 Å². The van der Waals surface area contributed by atoms with E-state index in [1.165, 1.54) is 7.11 Å². The zero-order chi connectivity index (χ0) is 36.4. The standard InChI is InChI=1S/C39H48N2O8Si/c1-21-32(42)24-17-27-38(44)41-26(31(40(27)6)30(24)33(43)35(21)45-7)18-25-29(28(41)20-48-19-23-15-13-12-14-16-23)37(47-9)36(46-8)22(2)34(25)49-50(10,11)39(3,4)5/h12-16,18,27-28,31H,17,19-20H2,1-11H3/t27-,28+,31-/m1/s1. The number of amides is 1. The second kappa shape index (κ2) is 12.8. The highest BCUT2D eigenvalue weighted by Crippen LogP contribution is 2.56. The predicted octanol–water partition coefficient (Wildman–Crippen LogP) is 6.29. The monoisotopic (exact) mass is 700 g/mol. The minimum absolute atomic E-state index is 0.0350. The highest BCUT2D eigenvalue weighted by atomic mass is 28.4. The highest BCUT2D eigenvalue weighted by Gasteiger charge is 2.56. The smallest absolute Gasteiger partial charge is 0.250 e. The number of carbonyl (C=O) groups excluding carboxylic acids is 3. The van der Waals surface area contributed by atoms with Crippen LogP contribution >= 0.6 is 0 Å². The summed E-state index contributed by atoms with van der Waals surface area (Å²) in [5, 5.41) is -0.127. The number of rotatable bonds is 9. The second-order valence-corrected chi connectivity index (χ2v) is 19.7. The molecule has 0 aromatic heterocycles. The summed E-state index contributed by atoms with van der Waals surface area (Å²) in [6, 6.07) is 7.81. The molecule has 50 heavy (non-hydrogen) atoms. The summed E-state index contributed by atoms with van der Waals surface area (Å²) in [6.07, 6.45) is 2.06. The van der Waals surface area contributed by atoms with Gasteiger partial charge < -0.3 is 28.3 Å². The van der Waals surface area contributed by atoms with Gasteiger partial charge in [0.05, 0.1) is 52.7 Å². The Hall–Kier alpha value is -4.19. The van der Waals surface area contributed by atoms with Crippen LogP contribution in [-0.4, -0.2) is 82.7 Å². The van der Waals surface area contributed by atoms with Gasteiger partial charge >= 0.3 is 0 Å². The Balaban J connectivity index is 1.62. The summed E-state index contributed by atoms with van der Waals surface area (Å²) in [6.45, 7) is 14.9. The molecule has 4 aliphatic rings. The first-order valence-electron chi connectivity index (χ1n) is 17.0. The molecule has 1 fully saturated rings. The fourth-order valence-electron chi connectivity index (χ4n) is 7.46. The van der Waals surface area contributed by atoms with Gasteiger partial charge in [0, 0.05) is 45.5 Å². The van der Waals surface area contributed by atoms with Crippen LogP contribution in [0.15, 0.2) is 58.5 Å². The molecule has 0 unspecified atom stereocenters. The zero-order valence-electron chi connectivity index (χ0n) is 31.0. The largest absolute Gasteiger partial charge is 0.543 e. The molecule has 2 aromatic rings. The molecular formula is C39H48N2O8Si. The Kier molecular flexibility index (Phi) is 9.15. The van der Waals surface area contributed by atoms with E-state index in [1.54, 1.807) is 26.0 Å². The topological polar surface area (TPSA) is 104 Å². The van der Waals surface area contributed by atoms with Crippen LogP contribution in [-0.2, 0) is 30.5 Å². The summed E-state index contributed by atoms with van der Waals surface area (Å²) in [5.41, 5.74) is 4.76. The molecule has 1 aliphatic carbocycles. The fraction of sp³-hybridized carbons (Fsp3) is 0.462. The molecule has 0 N–H and O–H groups in total. The van der Waals surface area contributed by atoms with Crippen LogP contribution < -0.4 is 13.9 Å². The second-order valence-electron chi connectivity index (χ2n) is 15.0. The summed E-state index contributed by atoms with van der Waals surface area (Å²) < 4.78 is 31.2. The van der Waals surface area contributed by atoms with Crippen LogP contribution in [0.25, 0.3) is 6.08 Å². The first-order valence-corrected chi connectivity index (χ1v) is 19.9. The molecule has 1 saturated heterocycles. The maximum atomic E-state index is 14.8. The van der Waals surface area contributed by atoms with Crippen LogP contribution in [0.2, 0.25) is 18.1 Å². The lowest BCUT2D eigenvalue weighted by atomic mass is 9.73. The van der Waals surface area contributed by atoms with E-state index in [0.717, 1.165) is 16.7 Å². The Morgan fingerprint density at radius 1 is 0.900 bits per heavy atom. The van der Waals surface area contributed by atoms with Gasteiger partial charge in [-0.05, 0) is 50.7 Å². The number of hydrogen-bond donors (Lipinski definition) is 0. The molecular weight excluding hydrogens is 653 g/mol. The van der Waals surface area contributed by atoms with Gasteiger partial charge in [-0.2, -0.15) is 0 Å². The Morgan fingerprint density at radius 3 is 2.16 bits per heavy atom. The first-order chi connectivity index (χ1) is 23.6. The normalized spacial score (nSPS) is 22.2. The maximum absolute atomic E-state index is 14.8. The van der Waals surface area contributed by atoms with E-state index in [0.29, 0.717) is 46.3 Å². The molecule has 11 heteroatoms. The average Bonchev–Trinajstić information content (AvgIpc) is 3.07. The number of methoxy groups -OCH3 is 3. The van der Waals surface area contributed by atoms with Crippen molar-refractivity contribution in [2.75, 3.05) is 35.0 Å². The van der Waals surface area contributed by atoms with Gasteiger partial charge in [0.15, 0.2) is 23.0 Å². The maximum Gasteiger partial charge on any atom is 0.250 e. The molecule has 0 saturated carbocycles. The number of benzene rings is 2. The number of carbonyl (C=O) groups is 3. The van der Waals surface area contributed by atoms with Crippen LogP contribution in [0.3, 0.4) is 0 Å². The molecule has 3 atom stereocenters. The van der Waals surface area contributed by atoms with Gasteiger partial charge in [-0.15, -0.1) is 0 Å². The first kappa shape index (κ1) is 35.6. The number of nitrogens with zero attached hydrogens (tertiary/aromatic N) is 2. The van der Waals surface area contributed by atoms with Crippen molar-refractivity contribution >= 4 is 31.9 Å². The number of likely N-dealkylation sites (N-methyl/N-ethyl adjacent to an activating group) is 1. The van der Waals surface area contributed by atoms with Gasteiger partial charge in [0.1, 0.15) is 5.75 Å². The fourth-order valence-corrected chi connectivity index (χ4v) is 8.54. The Labute approximate surface area is 295 Å².